The lowest BCUT2D eigenvalue weighted by atomic mass is 10.1. The first-order chi connectivity index (χ1) is 9.02. The number of thiophene rings is 1. The van der Waals surface area contributed by atoms with Crippen LogP contribution in [0.3, 0.4) is 0 Å². The molecule has 1 aromatic heterocycles. The molecule has 0 bridgehead atoms. The second-order valence-electron chi connectivity index (χ2n) is 4.30. The van der Waals surface area contributed by atoms with E-state index in [2.05, 4.69) is 13.0 Å². The summed E-state index contributed by atoms with van der Waals surface area (Å²) in [6, 6.07) is 9.08. The predicted molar refractivity (Wildman–Crippen MR) is 83.4 cm³/mol. The van der Waals surface area contributed by atoms with Crippen LogP contribution >= 0.6 is 23.6 Å². The van der Waals surface area contributed by atoms with Crippen molar-refractivity contribution in [1.82, 2.24) is 0 Å². The van der Waals surface area contributed by atoms with Crippen LogP contribution in [0.4, 0.5) is 10.1 Å². The van der Waals surface area contributed by atoms with Gasteiger partial charge in [0, 0.05) is 11.9 Å². The van der Waals surface area contributed by atoms with E-state index in [9.17, 15) is 4.39 Å². The molecule has 100 valence electrons. The van der Waals surface area contributed by atoms with Crippen molar-refractivity contribution in [3.05, 3.63) is 52.0 Å². The second kappa shape index (κ2) is 5.67. The molecular weight excluding hydrogens is 279 g/mol. The molecule has 0 aliphatic carbocycles. The molecule has 0 saturated carbocycles. The van der Waals surface area contributed by atoms with E-state index < -0.39 is 0 Å². The minimum atomic E-state index is -0.379. The van der Waals surface area contributed by atoms with Gasteiger partial charge in [-0.2, -0.15) is 0 Å². The van der Waals surface area contributed by atoms with Gasteiger partial charge in [-0.15, -0.1) is 11.3 Å². The van der Waals surface area contributed by atoms with Crippen molar-refractivity contribution < 1.29 is 4.39 Å². The van der Waals surface area contributed by atoms with Gasteiger partial charge >= 0.3 is 0 Å². The van der Waals surface area contributed by atoms with E-state index in [-0.39, 0.29) is 16.8 Å². The van der Waals surface area contributed by atoms with Gasteiger partial charge < -0.3 is 10.6 Å². The van der Waals surface area contributed by atoms with Crippen molar-refractivity contribution in [3.63, 3.8) is 0 Å². The van der Waals surface area contributed by atoms with E-state index in [4.69, 9.17) is 18.0 Å². The molecule has 1 unspecified atom stereocenters. The lowest BCUT2D eigenvalue weighted by Gasteiger charge is -2.28. The summed E-state index contributed by atoms with van der Waals surface area (Å²) in [5.41, 5.74) is 6.66. The standard InChI is InChI=1S/C14H15FN2S2/c1-9(12-7-4-8-19-12)17(2)11-6-3-5-10(15)13(11)14(16)18/h3-9H,1-2H3,(H2,16,18). The Hall–Kier alpha value is -1.46. The molecule has 0 spiro atoms. The summed E-state index contributed by atoms with van der Waals surface area (Å²) in [4.78, 5) is 3.28. The van der Waals surface area contributed by atoms with Crippen molar-refractivity contribution >= 4 is 34.2 Å². The summed E-state index contributed by atoms with van der Waals surface area (Å²) in [6.07, 6.45) is 0. The van der Waals surface area contributed by atoms with Crippen LogP contribution < -0.4 is 10.6 Å². The number of rotatable bonds is 4. The quantitative estimate of drug-likeness (QED) is 0.871. The van der Waals surface area contributed by atoms with Crippen molar-refractivity contribution in [2.24, 2.45) is 5.73 Å². The third kappa shape index (κ3) is 2.77. The fourth-order valence-electron chi connectivity index (χ4n) is 1.98. The normalized spacial score (nSPS) is 12.2. The van der Waals surface area contributed by atoms with Crippen LogP contribution in [0.2, 0.25) is 0 Å². The van der Waals surface area contributed by atoms with Crippen LogP contribution in [0.15, 0.2) is 35.7 Å². The number of nitrogens with two attached hydrogens (primary N) is 1. The maximum absolute atomic E-state index is 13.9. The molecule has 19 heavy (non-hydrogen) atoms. The van der Waals surface area contributed by atoms with E-state index in [1.807, 2.05) is 29.5 Å². The molecule has 2 nitrogen and oxygen atoms in total. The molecule has 0 aliphatic rings. The van der Waals surface area contributed by atoms with Crippen LogP contribution in [-0.4, -0.2) is 12.0 Å². The summed E-state index contributed by atoms with van der Waals surface area (Å²) in [6.45, 7) is 2.07. The van der Waals surface area contributed by atoms with Crippen molar-refractivity contribution in [1.29, 1.82) is 0 Å². The Kier molecular flexibility index (Phi) is 4.17. The molecule has 0 amide bonds. The lowest BCUT2D eigenvalue weighted by Crippen LogP contribution is -2.25. The number of anilines is 1. The molecule has 0 fully saturated rings. The molecule has 2 rings (SSSR count). The van der Waals surface area contributed by atoms with Crippen molar-refractivity contribution in [2.75, 3.05) is 11.9 Å². The number of thiocarbonyl (C=S) groups is 1. The van der Waals surface area contributed by atoms with Crippen LogP contribution in [0.5, 0.6) is 0 Å². The summed E-state index contributed by atoms with van der Waals surface area (Å²) in [5.74, 6) is -0.379. The van der Waals surface area contributed by atoms with Crippen LogP contribution in [-0.2, 0) is 0 Å². The minimum Gasteiger partial charge on any atom is -0.389 e. The second-order valence-corrected chi connectivity index (χ2v) is 5.72. The van der Waals surface area contributed by atoms with E-state index in [1.54, 1.807) is 17.4 Å². The fraction of sp³-hybridized carbons (Fsp3) is 0.214. The van der Waals surface area contributed by atoms with Gasteiger partial charge in [0.1, 0.15) is 10.8 Å². The van der Waals surface area contributed by atoms with Gasteiger partial charge in [-0.3, -0.25) is 0 Å². The zero-order valence-electron chi connectivity index (χ0n) is 10.8. The van der Waals surface area contributed by atoms with Crippen molar-refractivity contribution in [3.8, 4) is 0 Å². The number of benzene rings is 1. The fourth-order valence-corrected chi connectivity index (χ4v) is 3.01. The van der Waals surface area contributed by atoms with Crippen LogP contribution in [0, 0.1) is 5.82 Å². The number of hydrogen-bond acceptors (Lipinski definition) is 3. The Morgan fingerprint density at radius 2 is 2.11 bits per heavy atom. The molecule has 1 atom stereocenters. The van der Waals surface area contributed by atoms with E-state index in [0.717, 1.165) is 0 Å². The largest absolute Gasteiger partial charge is 0.389 e. The lowest BCUT2D eigenvalue weighted by molar-refractivity contribution is 0.623. The molecule has 0 saturated heterocycles. The Morgan fingerprint density at radius 3 is 2.68 bits per heavy atom. The highest BCUT2D eigenvalue weighted by atomic mass is 32.1. The SMILES string of the molecule is CC(c1cccs1)N(C)c1cccc(F)c1C(N)=S. The molecular formula is C14H15FN2S2. The zero-order valence-corrected chi connectivity index (χ0v) is 12.4. The highest BCUT2D eigenvalue weighted by Crippen LogP contribution is 2.31. The smallest absolute Gasteiger partial charge is 0.135 e. The van der Waals surface area contributed by atoms with E-state index in [1.165, 1.54) is 10.9 Å². The van der Waals surface area contributed by atoms with Gasteiger partial charge in [-0.05, 0) is 30.5 Å². The third-order valence-electron chi connectivity index (χ3n) is 3.15. The summed E-state index contributed by atoms with van der Waals surface area (Å²) >= 11 is 6.63. The first-order valence-electron chi connectivity index (χ1n) is 5.87. The summed E-state index contributed by atoms with van der Waals surface area (Å²) in [7, 11) is 1.92. The molecule has 2 N–H and O–H groups in total. The molecule has 5 heteroatoms. The first kappa shape index (κ1) is 14.0. The third-order valence-corrected chi connectivity index (χ3v) is 4.40. The van der Waals surface area contributed by atoms with Gasteiger partial charge in [-0.1, -0.05) is 24.4 Å². The topological polar surface area (TPSA) is 29.3 Å². The number of hydrogen-bond donors (Lipinski definition) is 1. The Morgan fingerprint density at radius 1 is 1.37 bits per heavy atom. The van der Waals surface area contributed by atoms with Crippen LogP contribution in [0.25, 0.3) is 0 Å². The monoisotopic (exact) mass is 294 g/mol. The average molecular weight is 294 g/mol. The predicted octanol–water partition coefficient (Wildman–Crippen LogP) is 3.72. The average Bonchev–Trinajstić information content (AvgIpc) is 2.90. The summed E-state index contributed by atoms with van der Waals surface area (Å²) < 4.78 is 13.9. The Balaban J connectivity index is 2.42. The molecule has 1 heterocycles. The maximum atomic E-state index is 13.9. The van der Waals surface area contributed by atoms with Crippen LogP contribution in [0.1, 0.15) is 23.4 Å². The van der Waals surface area contributed by atoms with Crippen molar-refractivity contribution in [2.45, 2.75) is 13.0 Å². The summed E-state index contributed by atoms with van der Waals surface area (Å²) in [5, 5.41) is 2.03. The van der Waals surface area contributed by atoms with E-state index >= 15 is 0 Å². The molecule has 0 radical (unpaired) electrons. The van der Waals surface area contributed by atoms with Gasteiger partial charge in [0.15, 0.2) is 0 Å². The van der Waals surface area contributed by atoms with Gasteiger partial charge in [0.05, 0.1) is 17.3 Å². The maximum Gasteiger partial charge on any atom is 0.135 e. The Labute approximate surface area is 121 Å². The van der Waals surface area contributed by atoms with Gasteiger partial charge in [-0.25, -0.2) is 4.39 Å². The first-order valence-corrected chi connectivity index (χ1v) is 7.15. The minimum absolute atomic E-state index is 0.0818. The molecule has 0 aliphatic heterocycles. The number of nitrogens with zero attached hydrogens (tertiary/aromatic N) is 1. The molecule has 1 aromatic carbocycles. The number of halogens is 1. The van der Waals surface area contributed by atoms with E-state index in [0.29, 0.717) is 11.3 Å². The highest BCUT2D eigenvalue weighted by molar-refractivity contribution is 7.80. The zero-order chi connectivity index (χ0) is 14.0. The van der Waals surface area contributed by atoms with Gasteiger partial charge in [0.25, 0.3) is 0 Å². The highest BCUT2D eigenvalue weighted by Gasteiger charge is 2.19. The van der Waals surface area contributed by atoms with Gasteiger partial charge in [0.2, 0.25) is 0 Å². The Bertz CT molecular complexity index is 581. The molecule has 2 aromatic rings.